The van der Waals surface area contributed by atoms with Crippen LogP contribution in [-0.4, -0.2) is 15.0 Å². The number of hydrogen-bond acceptors (Lipinski definition) is 4. The Morgan fingerprint density at radius 1 is 1.39 bits per heavy atom. The van der Waals surface area contributed by atoms with Crippen LogP contribution in [0.15, 0.2) is 17.1 Å². The van der Waals surface area contributed by atoms with E-state index in [4.69, 9.17) is 0 Å². The number of thiazole rings is 1. The van der Waals surface area contributed by atoms with Gasteiger partial charge in [-0.25, -0.2) is 9.97 Å². The largest absolute Gasteiger partial charge is 0.427 e. The summed E-state index contributed by atoms with van der Waals surface area (Å²) in [5.41, 5.74) is 1.04. The number of H-pyrrole nitrogens is 1. The number of aryl methyl sites for hydroxylation is 1. The monoisotopic (exact) mass is 343 g/mol. The first-order valence-corrected chi connectivity index (χ1v) is 7.99. The van der Waals surface area contributed by atoms with Crippen molar-refractivity contribution in [1.82, 2.24) is 15.0 Å². The number of alkyl halides is 3. The summed E-state index contributed by atoms with van der Waals surface area (Å²) < 4.78 is 37.9. The van der Waals surface area contributed by atoms with Crippen LogP contribution in [0.3, 0.4) is 0 Å². The average molecular weight is 343 g/mol. The van der Waals surface area contributed by atoms with Gasteiger partial charge in [0.15, 0.2) is 0 Å². The zero-order valence-corrected chi connectivity index (χ0v) is 13.5. The summed E-state index contributed by atoms with van der Waals surface area (Å²) in [6, 6.07) is 1.44. The molecule has 2 heterocycles. The molecule has 8 heteroatoms. The van der Waals surface area contributed by atoms with E-state index in [0.29, 0.717) is 41.3 Å². The fourth-order valence-corrected chi connectivity index (χ4v) is 2.77. The van der Waals surface area contributed by atoms with Gasteiger partial charge in [0.25, 0.3) is 5.56 Å². The van der Waals surface area contributed by atoms with Gasteiger partial charge >= 0.3 is 6.18 Å². The number of hydrogen-bond donors (Lipinski definition) is 1. The summed E-state index contributed by atoms with van der Waals surface area (Å²) >= 11 is 0.565. The predicted molar refractivity (Wildman–Crippen MR) is 84.1 cm³/mol. The van der Waals surface area contributed by atoms with Gasteiger partial charge in [-0.2, -0.15) is 13.2 Å². The molecule has 0 amide bonds. The van der Waals surface area contributed by atoms with Crippen molar-refractivity contribution in [1.29, 1.82) is 0 Å². The van der Waals surface area contributed by atoms with E-state index in [0.717, 1.165) is 12.6 Å². The highest BCUT2D eigenvalue weighted by Crippen LogP contribution is 2.34. The molecular weight excluding hydrogens is 327 g/mol. The van der Waals surface area contributed by atoms with Gasteiger partial charge in [-0.05, 0) is 24.5 Å². The summed E-state index contributed by atoms with van der Waals surface area (Å²) in [4.78, 5) is 21.8. The van der Waals surface area contributed by atoms with Crippen molar-refractivity contribution >= 4 is 23.0 Å². The van der Waals surface area contributed by atoms with E-state index in [2.05, 4.69) is 15.0 Å². The van der Waals surface area contributed by atoms with Crippen LogP contribution in [0.1, 0.15) is 48.1 Å². The van der Waals surface area contributed by atoms with E-state index >= 15 is 0 Å². The van der Waals surface area contributed by atoms with E-state index in [1.165, 1.54) is 12.1 Å². The van der Waals surface area contributed by atoms with Crippen molar-refractivity contribution in [2.75, 3.05) is 0 Å². The lowest BCUT2D eigenvalue weighted by molar-refractivity contribution is -0.134. The van der Waals surface area contributed by atoms with Gasteiger partial charge in [0.1, 0.15) is 15.7 Å². The first-order valence-electron chi connectivity index (χ1n) is 7.17. The Labute approximate surface area is 135 Å². The van der Waals surface area contributed by atoms with Crippen LogP contribution in [0.4, 0.5) is 13.2 Å². The minimum absolute atomic E-state index is 0.234. The highest BCUT2D eigenvalue weighted by molar-refractivity contribution is 7.12. The number of halogens is 3. The van der Waals surface area contributed by atoms with Crippen molar-refractivity contribution in [2.45, 2.75) is 39.3 Å². The molecule has 0 aliphatic carbocycles. The Morgan fingerprint density at radius 2 is 2.13 bits per heavy atom. The Hall–Kier alpha value is -1.96. The highest BCUT2D eigenvalue weighted by atomic mass is 32.1. The molecule has 124 valence electrons. The quantitative estimate of drug-likeness (QED) is 0.887. The van der Waals surface area contributed by atoms with Gasteiger partial charge in [0.2, 0.25) is 0 Å². The molecule has 0 aromatic carbocycles. The van der Waals surface area contributed by atoms with Crippen molar-refractivity contribution in [3.63, 3.8) is 0 Å². The third kappa shape index (κ3) is 4.51. The molecule has 0 bridgehead atoms. The van der Waals surface area contributed by atoms with Crippen molar-refractivity contribution < 1.29 is 13.2 Å². The number of nitrogens with zero attached hydrogens (tertiary/aromatic N) is 2. The highest BCUT2D eigenvalue weighted by Gasteiger charge is 2.33. The van der Waals surface area contributed by atoms with Crippen molar-refractivity contribution in [3.05, 3.63) is 44.0 Å². The summed E-state index contributed by atoms with van der Waals surface area (Å²) in [6.45, 7) is 3.82. The maximum Gasteiger partial charge on any atom is 0.427 e. The molecule has 2 aromatic heterocycles. The molecule has 2 rings (SSSR count). The van der Waals surface area contributed by atoms with Crippen LogP contribution in [-0.2, 0) is 12.6 Å². The first kappa shape index (κ1) is 17.4. The minimum atomic E-state index is -4.40. The third-order valence-corrected chi connectivity index (χ3v) is 4.08. The van der Waals surface area contributed by atoms with E-state index in [-0.39, 0.29) is 10.6 Å². The van der Waals surface area contributed by atoms with Crippen molar-refractivity contribution in [3.8, 4) is 0 Å². The number of aromatic amines is 1. The number of aromatic nitrogens is 3. The predicted octanol–water partition coefficient (Wildman–Crippen LogP) is 4.15. The molecule has 0 saturated heterocycles. The second-order valence-corrected chi connectivity index (χ2v) is 5.98. The van der Waals surface area contributed by atoms with Crippen LogP contribution in [0.2, 0.25) is 0 Å². The zero-order chi connectivity index (χ0) is 17.0. The normalized spacial score (nSPS) is 12.7. The zero-order valence-electron chi connectivity index (χ0n) is 12.7. The molecule has 0 fully saturated rings. The maximum absolute atomic E-state index is 12.6. The second kappa shape index (κ2) is 7.08. The Kier molecular flexibility index (Phi) is 5.35. The fourth-order valence-electron chi connectivity index (χ4n) is 2.02. The van der Waals surface area contributed by atoms with Gasteiger partial charge < -0.3 is 4.98 Å². The summed E-state index contributed by atoms with van der Waals surface area (Å²) in [6.07, 6.45) is -0.0174. The molecule has 1 N–H and O–H groups in total. The van der Waals surface area contributed by atoms with Crippen molar-refractivity contribution in [2.24, 2.45) is 0 Å². The molecule has 23 heavy (non-hydrogen) atoms. The van der Waals surface area contributed by atoms with Gasteiger partial charge in [0, 0.05) is 11.8 Å². The summed E-state index contributed by atoms with van der Waals surface area (Å²) in [5, 5.41) is 0.234. The first-order chi connectivity index (χ1) is 10.8. The smallest absolute Gasteiger partial charge is 0.307 e. The lowest BCUT2D eigenvalue weighted by Gasteiger charge is -2.05. The molecule has 2 aromatic rings. The van der Waals surface area contributed by atoms with Gasteiger partial charge in [0.05, 0.1) is 6.20 Å². The van der Waals surface area contributed by atoms with E-state index in [1.807, 2.05) is 13.8 Å². The summed E-state index contributed by atoms with van der Waals surface area (Å²) in [5.74, 6) is 0.382. The minimum Gasteiger partial charge on any atom is -0.307 e. The van der Waals surface area contributed by atoms with E-state index in [1.54, 1.807) is 0 Å². The van der Waals surface area contributed by atoms with E-state index < -0.39 is 11.1 Å². The van der Waals surface area contributed by atoms with Gasteiger partial charge in [-0.3, -0.25) is 4.79 Å². The van der Waals surface area contributed by atoms with Crippen LogP contribution < -0.4 is 5.56 Å². The second-order valence-electron chi connectivity index (χ2n) is 4.92. The summed E-state index contributed by atoms with van der Waals surface area (Å²) in [7, 11) is 0. The number of rotatable bonds is 5. The van der Waals surface area contributed by atoms with Crippen LogP contribution in [0.5, 0.6) is 0 Å². The fraction of sp³-hybridized carbons (Fsp3) is 0.400. The molecule has 0 unspecified atom stereocenters. The molecule has 0 saturated carbocycles. The molecule has 0 atom stereocenters. The lowest BCUT2D eigenvalue weighted by atomic mass is 10.1. The topological polar surface area (TPSA) is 58.6 Å². The molecule has 0 spiro atoms. The molecule has 0 aliphatic rings. The average Bonchev–Trinajstić information content (AvgIpc) is 2.93. The Balaban J connectivity index is 2.39. The van der Waals surface area contributed by atoms with Crippen LogP contribution >= 0.6 is 11.3 Å². The Morgan fingerprint density at radius 3 is 2.70 bits per heavy atom. The Bertz CT molecular complexity index is 762. The maximum atomic E-state index is 12.6. The molecular formula is C15H16F3N3OS. The number of nitrogens with one attached hydrogen (secondary N) is 1. The van der Waals surface area contributed by atoms with Crippen LogP contribution in [0, 0.1) is 0 Å². The number of allylic oxidation sites excluding steroid dienone is 1. The lowest BCUT2D eigenvalue weighted by Crippen LogP contribution is -2.12. The molecule has 0 radical (unpaired) electrons. The van der Waals surface area contributed by atoms with E-state index in [9.17, 15) is 18.0 Å². The van der Waals surface area contributed by atoms with Gasteiger partial charge in [-0.15, -0.1) is 11.3 Å². The van der Waals surface area contributed by atoms with Gasteiger partial charge in [-0.1, -0.05) is 20.3 Å². The van der Waals surface area contributed by atoms with Crippen LogP contribution in [0.25, 0.3) is 11.6 Å². The third-order valence-electron chi connectivity index (χ3n) is 3.09. The standard InChI is InChI=1S/C15H16F3N3OS/c1-3-5-10-7-12(22)21-14(20-10)9(4-2)6-13-19-8-11(23-13)15(16,17)18/h6-8H,3-5H2,1-2H3,(H,20,21,22)/b9-6+. The molecule has 0 aliphatic heterocycles. The molecule has 4 nitrogen and oxygen atoms in total. The SMILES string of the molecule is CCCc1cc(=O)[nH]c(/C(=C/c2ncc(C(F)(F)F)s2)CC)n1.